The van der Waals surface area contributed by atoms with Gasteiger partial charge in [0.25, 0.3) is 0 Å². The smallest absolute Gasteiger partial charge is 0.305 e. The first kappa shape index (κ1) is 28.4. The summed E-state index contributed by atoms with van der Waals surface area (Å²) in [6.45, 7) is 10.9. The molecule has 0 spiro atoms. The molecule has 0 aromatic carbocycles. The average molecular weight is 417 g/mol. The minimum Gasteiger partial charge on any atom is -0.465 e. The Morgan fingerprint density at radius 2 is 1.21 bits per heavy atom. The van der Waals surface area contributed by atoms with Crippen molar-refractivity contribution in [3.8, 4) is 0 Å². The molecule has 1 unspecified atom stereocenters. The first-order chi connectivity index (χ1) is 14.2. The molecule has 1 atom stereocenters. The zero-order valence-corrected chi connectivity index (χ0v) is 19.6. The van der Waals surface area contributed by atoms with Crippen LogP contribution < -0.4 is 0 Å². The molecule has 0 bridgehead atoms. The van der Waals surface area contributed by atoms with Crippen molar-refractivity contribution in [2.75, 3.05) is 46.2 Å². The second kappa shape index (κ2) is 23.6. The zero-order chi connectivity index (χ0) is 21.4. The van der Waals surface area contributed by atoms with Crippen molar-refractivity contribution in [1.82, 2.24) is 0 Å². The number of esters is 1. The van der Waals surface area contributed by atoms with Gasteiger partial charge in [0.2, 0.25) is 0 Å². The summed E-state index contributed by atoms with van der Waals surface area (Å²) < 4.78 is 21.9. The first-order valence-corrected chi connectivity index (χ1v) is 12.1. The van der Waals surface area contributed by atoms with E-state index < -0.39 is 0 Å². The molecule has 0 aliphatic carbocycles. The molecular formula is C24H48O5. The molecule has 5 heteroatoms. The molecule has 0 N–H and O–H groups in total. The van der Waals surface area contributed by atoms with Gasteiger partial charge in [-0.1, -0.05) is 72.1 Å². The van der Waals surface area contributed by atoms with Gasteiger partial charge >= 0.3 is 5.97 Å². The van der Waals surface area contributed by atoms with E-state index >= 15 is 0 Å². The van der Waals surface area contributed by atoms with Crippen LogP contribution >= 0.6 is 0 Å². The van der Waals surface area contributed by atoms with E-state index in [1.807, 2.05) is 0 Å². The van der Waals surface area contributed by atoms with E-state index in [1.54, 1.807) is 0 Å². The van der Waals surface area contributed by atoms with Gasteiger partial charge in [-0.25, -0.2) is 0 Å². The third-order valence-electron chi connectivity index (χ3n) is 5.08. The molecule has 0 heterocycles. The normalized spacial score (nSPS) is 12.2. The molecule has 0 fully saturated rings. The van der Waals surface area contributed by atoms with E-state index in [0.29, 0.717) is 58.4 Å². The number of hydrogen-bond acceptors (Lipinski definition) is 5. The fourth-order valence-electron chi connectivity index (χ4n) is 3.03. The Labute approximate surface area is 180 Å². The van der Waals surface area contributed by atoms with Crippen molar-refractivity contribution in [2.45, 2.75) is 97.8 Å². The number of carbonyl (C=O) groups is 1. The third kappa shape index (κ3) is 21.9. The molecule has 5 nitrogen and oxygen atoms in total. The van der Waals surface area contributed by atoms with Crippen molar-refractivity contribution in [3.63, 3.8) is 0 Å². The highest BCUT2D eigenvalue weighted by molar-refractivity contribution is 5.69. The van der Waals surface area contributed by atoms with E-state index in [-0.39, 0.29) is 5.97 Å². The largest absolute Gasteiger partial charge is 0.465 e. The highest BCUT2D eigenvalue weighted by Gasteiger charge is 2.09. The molecule has 29 heavy (non-hydrogen) atoms. The van der Waals surface area contributed by atoms with Crippen LogP contribution in [-0.4, -0.2) is 52.2 Å². The Balaban J connectivity index is 3.25. The van der Waals surface area contributed by atoms with Crippen molar-refractivity contribution < 1.29 is 23.7 Å². The maximum absolute atomic E-state index is 11.8. The maximum Gasteiger partial charge on any atom is 0.305 e. The molecule has 0 aliphatic heterocycles. The standard InChI is InChI=1S/C24H48O5/c1-4-7-9-10-11-12-16-26-18-20-28-21-19-27-17-13-15-24(25)29-22-23(6-3)14-8-5-2/h23H,4-22H2,1-3H3. The van der Waals surface area contributed by atoms with Crippen LogP contribution in [0.3, 0.4) is 0 Å². The molecule has 0 aromatic heterocycles. The predicted octanol–water partition coefficient (Wildman–Crippen LogP) is 5.94. The molecule has 0 rings (SSSR count). The minimum absolute atomic E-state index is 0.109. The van der Waals surface area contributed by atoms with Crippen LogP contribution in [0.5, 0.6) is 0 Å². The molecule has 174 valence electrons. The van der Waals surface area contributed by atoms with Gasteiger partial charge in [-0.2, -0.15) is 0 Å². The van der Waals surface area contributed by atoms with E-state index in [1.165, 1.54) is 44.9 Å². The number of hydrogen-bond donors (Lipinski definition) is 0. The molecule has 0 aliphatic rings. The second-order valence-electron chi connectivity index (χ2n) is 7.81. The monoisotopic (exact) mass is 416 g/mol. The van der Waals surface area contributed by atoms with Gasteiger partial charge in [-0.15, -0.1) is 0 Å². The lowest BCUT2D eigenvalue weighted by atomic mass is 10.0. The van der Waals surface area contributed by atoms with Crippen LogP contribution in [0.4, 0.5) is 0 Å². The Bertz CT molecular complexity index is 335. The molecular weight excluding hydrogens is 368 g/mol. The summed E-state index contributed by atoms with van der Waals surface area (Å²) in [4.78, 5) is 11.8. The lowest BCUT2D eigenvalue weighted by molar-refractivity contribution is -0.145. The fourth-order valence-corrected chi connectivity index (χ4v) is 3.03. The topological polar surface area (TPSA) is 54.0 Å². The van der Waals surface area contributed by atoms with Gasteiger partial charge in [0, 0.05) is 19.6 Å². The third-order valence-corrected chi connectivity index (χ3v) is 5.08. The van der Waals surface area contributed by atoms with Crippen molar-refractivity contribution in [2.24, 2.45) is 5.92 Å². The fraction of sp³-hybridized carbons (Fsp3) is 0.958. The van der Waals surface area contributed by atoms with Crippen molar-refractivity contribution >= 4 is 5.97 Å². The van der Waals surface area contributed by atoms with Crippen LogP contribution in [0.15, 0.2) is 0 Å². The maximum atomic E-state index is 11.8. The van der Waals surface area contributed by atoms with Gasteiger partial charge in [0.05, 0.1) is 33.0 Å². The SMILES string of the molecule is CCCCCCCCOCCOCCOCCCC(=O)OCC(CC)CCCC. The van der Waals surface area contributed by atoms with Gasteiger partial charge in [-0.3, -0.25) is 4.79 Å². The number of unbranched alkanes of at least 4 members (excludes halogenated alkanes) is 6. The summed E-state index contributed by atoms with van der Waals surface area (Å²) in [6.07, 6.45) is 13.5. The predicted molar refractivity (Wildman–Crippen MR) is 119 cm³/mol. The minimum atomic E-state index is -0.109. The van der Waals surface area contributed by atoms with E-state index in [9.17, 15) is 4.79 Å². The molecule has 0 aromatic rings. The number of carbonyl (C=O) groups excluding carboxylic acids is 1. The Kier molecular flexibility index (Phi) is 23.1. The molecule has 0 amide bonds. The quantitative estimate of drug-likeness (QED) is 0.152. The molecule has 0 radical (unpaired) electrons. The first-order valence-electron chi connectivity index (χ1n) is 12.1. The molecule has 0 saturated heterocycles. The van der Waals surface area contributed by atoms with Crippen LogP contribution in [0.2, 0.25) is 0 Å². The van der Waals surface area contributed by atoms with E-state index in [0.717, 1.165) is 25.9 Å². The summed E-state index contributed by atoms with van der Waals surface area (Å²) in [7, 11) is 0. The summed E-state index contributed by atoms with van der Waals surface area (Å²) in [5, 5.41) is 0. The Morgan fingerprint density at radius 1 is 0.655 bits per heavy atom. The van der Waals surface area contributed by atoms with Crippen LogP contribution in [-0.2, 0) is 23.7 Å². The number of rotatable bonds is 23. The van der Waals surface area contributed by atoms with E-state index in [2.05, 4.69) is 20.8 Å². The average Bonchev–Trinajstić information content (AvgIpc) is 2.73. The van der Waals surface area contributed by atoms with Crippen LogP contribution in [0, 0.1) is 5.92 Å². The van der Waals surface area contributed by atoms with Crippen molar-refractivity contribution in [1.29, 1.82) is 0 Å². The Morgan fingerprint density at radius 3 is 1.83 bits per heavy atom. The summed E-state index contributed by atoms with van der Waals surface area (Å²) >= 11 is 0. The lowest BCUT2D eigenvalue weighted by Gasteiger charge is -2.14. The van der Waals surface area contributed by atoms with Gasteiger partial charge in [0.1, 0.15) is 0 Å². The lowest BCUT2D eigenvalue weighted by Crippen LogP contribution is -2.14. The highest BCUT2D eigenvalue weighted by Crippen LogP contribution is 2.13. The van der Waals surface area contributed by atoms with E-state index in [4.69, 9.17) is 18.9 Å². The second-order valence-corrected chi connectivity index (χ2v) is 7.81. The zero-order valence-electron chi connectivity index (χ0n) is 19.6. The summed E-state index contributed by atoms with van der Waals surface area (Å²) in [6, 6.07) is 0. The molecule has 0 saturated carbocycles. The van der Waals surface area contributed by atoms with Gasteiger partial charge in [0.15, 0.2) is 0 Å². The summed E-state index contributed by atoms with van der Waals surface area (Å²) in [5.41, 5.74) is 0. The van der Waals surface area contributed by atoms with Crippen LogP contribution in [0.25, 0.3) is 0 Å². The highest BCUT2D eigenvalue weighted by atomic mass is 16.5. The van der Waals surface area contributed by atoms with Gasteiger partial charge in [-0.05, 0) is 25.2 Å². The van der Waals surface area contributed by atoms with Gasteiger partial charge < -0.3 is 18.9 Å². The summed E-state index contributed by atoms with van der Waals surface area (Å²) in [5.74, 6) is 0.393. The van der Waals surface area contributed by atoms with Crippen molar-refractivity contribution in [3.05, 3.63) is 0 Å². The Hall–Kier alpha value is -0.650. The van der Waals surface area contributed by atoms with Crippen LogP contribution in [0.1, 0.15) is 97.8 Å². The number of ether oxygens (including phenoxy) is 4.